The molecule has 2 heterocycles. The van der Waals surface area contributed by atoms with E-state index in [0.717, 1.165) is 11.0 Å². The lowest BCUT2D eigenvalue weighted by molar-refractivity contribution is -0.131. The van der Waals surface area contributed by atoms with Crippen LogP contribution in [-0.4, -0.2) is 26.4 Å². The molecule has 5 nitrogen and oxygen atoms in total. The smallest absolute Gasteiger partial charge is 0.377 e. The fraction of sp³-hybridized carbons (Fsp3) is 0.182. The van der Waals surface area contributed by atoms with Crippen molar-refractivity contribution in [2.75, 3.05) is 0 Å². The molecule has 0 spiro atoms. The number of carbonyl (C=O) groups excluding carboxylic acids is 1. The van der Waals surface area contributed by atoms with Crippen LogP contribution in [0.1, 0.15) is 16.1 Å². The van der Waals surface area contributed by atoms with Gasteiger partial charge >= 0.3 is 5.97 Å². The fourth-order valence-corrected chi connectivity index (χ4v) is 2.77. The van der Waals surface area contributed by atoms with Gasteiger partial charge in [-0.3, -0.25) is 4.79 Å². The molecule has 0 bridgehead atoms. The van der Waals surface area contributed by atoms with Crippen molar-refractivity contribution in [2.45, 2.75) is 6.92 Å². The SMILES string of the molecule is Cc1nc2c(ccn2C)c(I)c1C(=O)C(=O)O. The number of Topliss-reactive ketones (excluding diaryl/α,β-unsaturated/α-hetero) is 1. The van der Waals surface area contributed by atoms with Gasteiger partial charge in [-0.1, -0.05) is 0 Å². The number of pyridine rings is 1. The highest BCUT2D eigenvalue weighted by molar-refractivity contribution is 14.1. The summed E-state index contributed by atoms with van der Waals surface area (Å²) in [5.41, 5.74) is 1.36. The number of aryl methyl sites for hydroxylation is 2. The van der Waals surface area contributed by atoms with Gasteiger partial charge in [-0.2, -0.15) is 0 Å². The molecule has 2 aromatic heterocycles. The molecule has 0 amide bonds. The van der Waals surface area contributed by atoms with Crippen molar-refractivity contribution in [3.63, 3.8) is 0 Å². The van der Waals surface area contributed by atoms with Gasteiger partial charge in [0.15, 0.2) is 0 Å². The van der Waals surface area contributed by atoms with E-state index in [9.17, 15) is 9.59 Å². The molecule has 0 aliphatic rings. The van der Waals surface area contributed by atoms with Crippen molar-refractivity contribution >= 4 is 45.4 Å². The lowest BCUT2D eigenvalue weighted by Gasteiger charge is -2.06. The zero-order valence-corrected chi connectivity index (χ0v) is 11.3. The number of nitrogens with zero attached hydrogens (tertiary/aromatic N) is 2. The highest BCUT2D eigenvalue weighted by Crippen LogP contribution is 2.25. The molecular weight excluding hydrogens is 335 g/mol. The summed E-state index contributed by atoms with van der Waals surface area (Å²) in [6.07, 6.45) is 1.83. The van der Waals surface area contributed by atoms with Crippen LogP contribution in [0, 0.1) is 10.5 Å². The molecule has 0 aliphatic carbocycles. The van der Waals surface area contributed by atoms with Gasteiger partial charge in [-0.25, -0.2) is 9.78 Å². The Balaban J connectivity index is 2.81. The molecule has 2 rings (SSSR count). The molecule has 0 aromatic carbocycles. The summed E-state index contributed by atoms with van der Waals surface area (Å²) in [6, 6.07) is 1.82. The molecule has 0 unspecified atom stereocenters. The summed E-state index contributed by atoms with van der Waals surface area (Å²) in [6.45, 7) is 1.64. The van der Waals surface area contributed by atoms with E-state index in [1.807, 2.05) is 46.5 Å². The normalized spacial score (nSPS) is 10.8. The second-order valence-corrected chi connectivity index (χ2v) is 4.76. The van der Waals surface area contributed by atoms with E-state index in [0.29, 0.717) is 9.26 Å². The highest BCUT2D eigenvalue weighted by atomic mass is 127. The maximum absolute atomic E-state index is 11.6. The third-order valence-electron chi connectivity index (χ3n) is 2.55. The molecule has 88 valence electrons. The van der Waals surface area contributed by atoms with E-state index >= 15 is 0 Å². The molecule has 0 saturated carbocycles. The third-order valence-corrected chi connectivity index (χ3v) is 3.67. The number of aromatic nitrogens is 2. The van der Waals surface area contributed by atoms with E-state index < -0.39 is 11.8 Å². The number of hydrogen-bond donors (Lipinski definition) is 1. The summed E-state index contributed by atoms with van der Waals surface area (Å²) in [5, 5.41) is 9.57. The Hall–Kier alpha value is -1.44. The van der Waals surface area contributed by atoms with Crippen molar-refractivity contribution in [3.05, 3.63) is 27.1 Å². The van der Waals surface area contributed by atoms with Gasteiger partial charge in [-0.05, 0) is 35.6 Å². The van der Waals surface area contributed by atoms with Crippen LogP contribution in [0.3, 0.4) is 0 Å². The van der Waals surface area contributed by atoms with Crippen LogP contribution in [0.25, 0.3) is 11.0 Å². The van der Waals surface area contributed by atoms with Gasteiger partial charge in [-0.15, -0.1) is 0 Å². The summed E-state index contributed by atoms with van der Waals surface area (Å²) < 4.78 is 2.47. The van der Waals surface area contributed by atoms with E-state index in [2.05, 4.69) is 4.98 Å². The van der Waals surface area contributed by atoms with Gasteiger partial charge in [0, 0.05) is 22.2 Å². The maximum Gasteiger partial charge on any atom is 0.377 e. The van der Waals surface area contributed by atoms with Crippen LogP contribution in [0.15, 0.2) is 12.3 Å². The zero-order valence-electron chi connectivity index (χ0n) is 9.19. The minimum absolute atomic E-state index is 0.178. The third kappa shape index (κ3) is 1.82. The maximum atomic E-state index is 11.6. The average molecular weight is 344 g/mol. The van der Waals surface area contributed by atoms with Gasteiger partial charge in [0.05, 0.1) is 11.3 Å². The summed E-state index contributed by atoms with van der Waals surface area (Å²) in [5.74, 6) is -2.37. The minimum Gasteiger partial charge on any atom is -0.475 e. The molecule has 0 atom stereocenters. The highest BCUT2D eigenvalue weighted by Gasteiger charge is 2.23. The fourth-order valence-electron chi connectivity index (χ4n) is 1.71. The average Bonchev–Trinajstić information content (AvgIpc) is 2.60. The second kappa shape index (κ2) is 4.10. The number of aliphatic carboxylic acids is 1. The Morgan fingerprint density at radius 3 is 2.71 bits per heavy atom. The summed E-state index contributed by atoms with van der Waals surface area (Å²) in [7, 11) is 1.85. The van der Waals surface area contributed by atoms with E-state index in [1.165, 1.54) is 0 Å². The summed E-state index contributed by atoms with van der Waals surface area (Å²) >= 11 is 1.99. The largest absolute Gasteiger partial charge is 0.475 e. The molecular formula is C11H9IN2O3. The number of ketones is 1. The topological polar surface area (TPSA) is 72.2 Å². The molecule has 0 radical (unpaired) electrons. The second-order valence-electron chi connectivity index (χ2n) is 3.68. The Morgan fingerprint density at radius 1 is 1.47 bits per heavy atom. The number of carboxylic acids is 1. The first-order valence-electron chi connectivity index (χ1n) is 4.82. The Bertz CT molecular complexity index is 646. The van der Waals surface area contributed by atoms with Crippen molar-refractivity contribution < 1.29 is 14.7 Å². The predicted octanol–water partition coefficient (Wildman–Crippen LogP) is 1.75. The lowest BCUT2D eigenvalue weighted by atomic mass is 10.1. The standard InChI is InChI=1S/C11H9IN2O3/c1-5-7(9(15)11(16)17)8(12)6-3-4-14(2)10(6)13-5/h3-4H,1-2H3,(H,16,17). The molecule has 17 heavy (non-hydrogen) atoms. The number of carbonyl (C=O) groups is 2. The molecule has 6 heteroatoms. The first-order chi connectivity index (χ1) is 7.93. The molecule has 0 fully saturated rings. The quantitative estimate of drug-likeness (QED) is 0.512. The Morgan fingerprint density at radius 2 is 2.12 bits per heavy atom. The Labute approximate surface area is 111 Å². The van der Waals surface area contributed by atoms with E-state index in [-0.39, 0.29) is 5.56 Å². The number of hydrogen-bond acceptors (Lipinski definition) is 3. The first-order valence-corrected chi connectivity index (χ1v) is 5.90. The van der Waals surface area contributed by atoms with E-state index in [4.69, 9.17) is 5.11 Å². The zero-order chi connectivity index (χ0) is 12.7. The first kappa shape index (κ1) is 12.0. The minimum atomic E-state index is -1.46. The lowest BCUT2D eigenvalue weighted by Crippen LogP contribution is -2.17. The molecule has 2 aromatic rings. The van der Waals surface area contributed by atoms with Gasteiger partial charge in [0.1, 0.15) is 5.65 Å². The van der Waals surface area contributed by atoms with Gasteiger partial charge < -0.3 is 9.67 Å². The van der Waals surface area contributed by atoms with Crippen LogP contribution in [-0.2, 0) is 11.8 Å². The molecule has 0 saturated heterocycles. The monoisotopic (exact) mass is 344 g/mol. The van der Waals surface area contributed by atoms with E-state index in [1.54, 1.807) is 6.92 Å². The van der Waals surface area contributed by atoms with Crippen LogP contribution in [0.2, 0.25) is 0 Å². The Kier molecular flexibility index (Phi) is 2.90. The predicted molar refractivity (Wildman–Crippen MR) is 70.1 cm³/mol. The number of fused-ring (bicyclic) bond motifs is 1. The van der Waals surface area contributed by atoms with Crippen LogP contribution >= 0.6 is 22.6 Å². The molecule has 0 aliphatic heterocycles. The van der Waals surface area contributed by atoms with Crippen molar-refractivity contribution in [3.8, 4) is 0 Å². The number of carboxylic acid groups (broad SMARTS) is 1. The number of halogens is 1. The summed E-state index contributed by atoms with van der Waals surface area (Å²) in [4.78, 5) is 26.6. The van der Waals surface area contributed by atoms with Crippen LogP contribution in [0.5, 0.6) is 0 Å². The number of rotatable bonds is 2. The van der Waals surface area contributed by atoms with Crippen LogP contribution in [0.4, 0.5) is 0 Å². The van der Waals surface area contributed by atoms with Crippen molar-refractivity contribution in [2.24, 2.45) is 7.05 Å². The molecule has 1 N–H and O–H groups in total. The van der Waals surface area contributed by atoms with Gasteiger partial charge in [0.25, 0.3) is 5.78 Å². The van der Waals surface area contributed by atoms with Crippen molar-refractivity contribution in [1.29, 1.82) is 0 Å². The van der Waals surface area contributed by atoms with Crippen molar-refractivity contribution in [1.82, 2.24) is 9.55 Å². The van der Waals surface area contributed by atoms with Gasteiger partial charge in [0.2, 0.25) is 0 Å². The van der Waals surface area contributed by atoms with Crippen LogP contribution < -0.4 is 0 Å².